The largest absolute Gasteiger partial charge is 0.369 e. The molecule has 3 aliphatic carbocycles. The summed E-state index contributed by atoms with van der Waals surface area (Å²) in [7, 11) is 0. The summed E-state index contributed by atoms with van der Waals surface area (Å²) in [6.45, 7) is 11.0. The molecule has 0 aromatic rings. The summed E-state index contributed by atoms with van der Waals surface area (Å²) in [4.78, 5) is 12.2. The molecule has 0 radical (unpaired) electrons. The zero-order chi connectivity index (χ0) is 16.2. The van der Waals surface area contributed by atoms with Gasteiger partial charge in [-0.05, 0) is 56.3 Å². The fraction of sp³-hybridized carbons (Fsp3) is 0.750. The van der Waals surface area contributed by atoms with Crippen molar-refractivity contribution >= 4 is 5.91 Å². The Hall–Kier alpha value is -1.05. The lowest BCUT2D eigenvalue weighted by molar-refractivity contribution is -0.137. The highest BCUT2D eigenvalue weighted by atomic mass is 16.1. The van der Waals surface area contributed by atoms with Crippen LogP contribution >= 0.6 is 0 Å². The Labute approximate surface area is 135 Å². The van der Waals surface area contributed by atoms with E-state index >= 15 is 0 Å². The van der Waals surface area contributed by atoms with Crippen molar-refractivity contribution in [1.29, 1.82) is 0 Å². The Morgan fingerprint density at radius 3 is 2.50 bits per heavy atom. The van der Waals surface area contributed by atoms with Crippen LogP contribution in [0.5, 0.6) is 0 Å². The van der Waals surface area contributed by atoms with Crippen molar-refractivity contribution in [3.8, 4) is 0 Å². The van der Waals surface area contributed by atoms with Crippen LogP contribution in [0.3, 0.4) is 0 Å². The Kier molecular flexibility index (Phi) is 3.58. The fourth-order valence-corrected chi connectivity index (χ4v) is 6.03. The molecule has 3 aliphatic rings. The zero-order valence-electron chi connectivity index (χ0n) is 14.5. The van der Waals surface area contributed by atoms with Crippen molar-refractivity contribution in [2.75, 3.05) is 0 Å². The molecule has 0 saturated heterocycles. The normalized spacial score (nSPS) is 45.0. The number of amides is 1. The lowest BCUT2D eigenvalue weighted by Crippen LogP contribution is -2.53. The minimum atomic E-state index is -0.326. The van der Waals surface area contributed by atoms with Gasteiger partial charge in [-0.2, -0.15) is 0 Å². The molecule has 0 aromatic heterocycles. The first-order chi connectivity index (χ1) is 10.3. The molecule has 2 nitrogen and oxygen atoms in total. The first-order valence-corrected chi connectivity index (χ1v) is 8.94. The molecule has 0 spiro atoms. The lowest BCUT2D eigenvalue weighted by atomic mass is 9.46. The molecule has 0 aliphatic heterocycles. The molecular weight excluding hydrogens is 270 g/mol. The van der Waals surface area contributed by atoms with E-state index in [4.69, 9.17) is 5.73 Å². The third-order valence-electron chi connectivity index (χ3n) is 7.49. The number of hydrogen-bond acceptors (Lipinski definition) is 1. The molecule has 0 heterocycles. The van der Waals surface area contributed by atoms with Crippen LogP contribution in [-0.2, 0) is 4.79 Å². The van der Waals surface area contributed by atoms with E-state index in [-0.39, 0.29) is 22.2 Å². The number of hydrogen-bond donors (Lipinski definition) is 1. The van der Waals surface area contributed by atoms with Gasteiger partial charge in [0.1, 0.15) is 0 Å². The standard InChI is InChI=1S/C20H31NO/c1-5-18(2)11-6-8-15-14(18)9-10-16-19(15,3)12-7-13-20(16,4)17(21)22/h5,16H,1,6-13H2,2-4H3,(H2,21,22)/t16?,18-,19-,20+/m0/s1. The summed E-state index contributed by atoms with van der Waals surface area (Å²) in [5.74, 6) is 0.326. The van der Waals surface area contributed by atoms with Crippen LogP contribution in [0.25, 0.3) is 0 Å². The molecule has 22 heavy (non-hydrogen) atoms. The van der Waals surface area contributed by atoms with Crippen LogP contribution in [-0.4, -0.2) is 5.91 Å². The average molecular weight is 301 g/mol. The average Bonchev–Trinajstić information content (AvgIpc) is 2.47. The summed E-state index contributed by atoms with van der Waals surface area (Å²) in [6, 6.07) is 0. The highest BCUT2D eigenvalue weighted by molar-refractivity contribution is 5.81. The predicted octanol–water partition coefficient (Wildman–Crippen LogP) is 4.75. The molecule has 1 saturated carbocycles. The number of allylic oxidation sites excluding steroid dienone is 3. The first-order valence-electron chi connectivity index (χ1n) is 8.94. The van der Waals surface area contributed by atoms with Gasteiger partial charge in [0, 0.05) is 10.8 Å². The van der Waals surface area contributed by atoms with E-state index in [2.05, 4.69) is 33.4 Å². The molecule has 0 bridgehead atoms. The fourth-order valence-electron chi connectivity index (χ4n) is 6.03. The van der Waals surface area contributed by atoms with Crippen molar-refractivity contribution in [2.24, 2.45) is 27.9 Å². The van der Waals surface area contributed by atoms with Crippen molar-refractivity contribution in [2.45, 2.75) is 72.1 Å². The number of carbonyl (C=O) groups is 1. The number of nitrogens with two attached hydrogens (primary N) is 1. The van der Waals surface area contributed by atoms with Crippen molar-refractivity contribution in [1.82, 2.24) is 0 Å². The molecule has 1 unspecified atom stereocenters. The van der Waals surface area contributed by atoms with Gasteiger partial charge in [-0.1, -0.05) is 44.4 Å². The first kappa shape index (κ1) is 15.8. The van der Waals surface area contributed by atoms with Crippen LogP contribution in [0.2, 0.25) is 0 Å². The summed E-state index contributed by atoms with van der Waals surface area (Å²) in [5.41, 5.74) is 9.15. The summed E-state index contributed by atoms with van der Waals surface area (Å²) in [6.07, 6.45) is 11.4. The van der Waals surface area contributed by atoms with Gasteiger partial charge in [0.15, 0.2) is 0 Å². The molecule has 2 heteroatoms. The molecular formula is C20H31NO. The van der Waals surface area contributed by atoms with Gasteiger partial charge in [0.05, 0.1) is 0 Å². The second kappa shape index (κ2) is 4.97. The highest BCUT2D eigenvalue weighted by Gasteiger charge is 2.56. The molecule has 4 atom stereocenters. The zero-order valence-corrected chi connectivity index (χ0v) is 14.5. The van der Waals surface area contributed by atoms with Crippen molar-refractivity contribution < 1.29 is 4.79 Å². The van der Waals surface area contributed by atoms with Gasteiger partial charge in [0.2, 0.25) is 5.91 Å². The number of rotatable bonds is 2. The van der Waals surface area contributed by atoms with E-state index in [0.717, 1.165) is 25.7 Å². The second-order valence-corrected chi connectivity index (χ2v) is 8.58. The maximum Gasteiger partial charge on any atom is 0.223 e. The molecule has 2 N–H and O–H groups in total. The Morgan fingerprint density at radius 2 is 1.86 bits per heavy atom. The molecule has 1 fully saturated rings. The van der Waals surface area contributed by atoms with E-state index in [9.17, 15) is 4.79 Å². The Bertz CT molecular complexity index is 548. The summed E-state index contributed by atoms with van der Waals surface area (Å²) >= 11 is 0. The smallest absolute Gasteiger partial charge is 0.223 e. The van der Waals surface area contributed by atoms with Crippen LogP contribution in [0.4, 0.5) is 0 Å². The maximum atomic E-state index is 12.2. The minimum Gasteiger partial charge on any atom is -0.369 e. The van der Waals surface area contributed by atoms with Gasteiger partial charge in [-0.3, -0.25) is 4.79 Å². The van der Waals surface area contributed by atoms with Crippen LogP contribution in [0.1, 0.15) is 72.1 Å². The summed E-state index contributed by atoms with van der Waals surface area (Å²) < 4.78 is 0. The third kappa shape index (κ3) is 1.95. The van der Waals surface area contributed by atoms with Crippen LogP contribution in [0, 0.1) is 22.2 Å². The van der Waals surface area contributed by atoms with Crippen LogP contribution in [0.15, 0.2) is 23.8 Å². The van der Waals surface area contributed by atoms with Crippen LogP contribution < -0.4 is 5.73 Å². The molecule has 122 valence electrons. The maximum absolute atomic E-state index is 12.2. The van der Waals surface area contributed by atoms with E-state index in [1.165, 1.54) is 25.7 Å². The predicted molar refractivity (Wildman–Crippen MR) is 91.2 cm³/mol. The lowest BCUT2D eigenvalue weighted by Gasteiger charge is -2.57. The summed E-state index contributed by atoms with van der Waals surface area (Å²) in [5, 5.41) is 0. The van der Waals surface area contributed by atoms with E-state index in [1.807, 2.05) is 0 Å². The van der Waals surface area contributed by atoms with Crippen molar-refractivity contribution in [3.05, 3.63) is 23.8 Å². The topological polar surface area (TPSA) is 43.1 Å². The monoisotopic (exact) mass is 301 g/mol. The molecule has 3 rings (SSSR count). The highest BCUT2D eigenvalue weighted by Crippen LogP contribution is 2.63. The Morgan fingerprint density at radius 1 is 1.14 bits per heavy atom. The van der Waals surface area contributed by atoms with E-state index < -0.39 is 0 Å². The van der Waals surface area contributed by atoms with Gasteiger partial charge < -0.3 is 5.73 Å². The van der Waals surface area contributed by atoms with Gasteiger partial charge in [0.25, 0.3) is 0 Å². The van der Waals surface area contributed by atoms with Gasteiger partial charge in [-0.25, -0.2) is 0 Å². The molecule has 0 aromatic carbocycles. The minimum absolute atomic E-state index is 0.0882. The van der Waals surface area contributed by atoms with E-state index in [0.29, 0.717) is 5.92 Å². The van der Waals surface area contributed by atoms with Gasteiger partial charge >= 0.3 is 0 Å². The number of carbonyl (C=O) groups excluding carboxylic acids is 1. The molecule has 1 amide bonds. The van der Waals surface area contributed by atoms with Gasteiger partial charge in [-0.15, -0.1) is 6.58 Å². The number of fused-ring (bicyclic) bond motifs is 2. The van der Waals surface area contributed by atoms with Crippen molar-refractivity contribution in [3.63, 3.8) is 0 Å². The second-order valence-electron chi connectivity index (χ2n) is 8.58. The third-order valence-corrected chi connectivity index (χ3v) is 7.49. The number of primary amides is 1. The Balaban J connectivity index is 2.11. The van der Waals surface area contributed by atoms with E-state index in [1.54, 1.807) is 11.1 Å². The SMILES string of the molecule is C=C[C@@]1(C)CCCC2=C1CCC1[C@](C)(C(N)=O)CCC[C@@]21C. The quantitative estimate of drug-likeness (QED) is 0.735.